The Kier molecular flexibility index (Phi) is 40.6. The number of thioether (sulfide) groups is 1. The van der Waals surface area contributed by atoms with Crippen molar-refractivity contribution in [3.63, 3.8) is 0 Å². The van der Waals surface area contributed by atoms with Crippen LogP contribution in [-0.2, 0) is 93.7 Å². The number of hydrogen-bond donors (Lipinski definition) is 22. The maximum Gasteiger partial charge on any atom is 0.326 e. The minimum absolute atomic E-state index is 0.116. The molecule has 0 aliphatic rings. The number of carbonyl (C=O) groups is 17. The van der Waals surface area contributed by atoms with Gasteiger partial charge in [0.05, 0.1) is 25.6 Å². The Hall–Kier alpha value is -10.6. The highest BCUT2D eigenvalue weighted by atomic mass is 32.2. The molecule has 12 amide bonds. The molecule has 14 atom stereocenters. The number of primary amides is 1. The van der Waals surface area contributed by atoms with E-state index in [0.717, 1.165) is 24.2 Å². The van der Waals surface area contributed by atoms with Gasteiger partial charge in [0.25, 0.3) is 0 Å². The van der Waals surface area contributed by atoms with Crippen LogP contribution in [0.3, 0.4) is 0 Å². The third-order valence-corrected chi connectivity index (χ3v) is 17.2. The molecular formula is C66H98N14O25S. The topological polar surface area (TPSA) is 662 Å². The number of phenolic OH excluding ortho intramolecular Hbond substituents is 1. The van der Waals surface area contributed by atoms with E-state index < -0.39 is 256 Å². The molecule has 0 heterocycles. The first-order valence-corrected chi connectivity index (χ1v) is 34.8. The number of unbranched alkanes of at least 4 members (excludes halogenated alkanes) is 1. The minimum Gasteiger partial charge on any atom is -0.508 e. The number of carboxylic acid groups (broad SMARTS) is 5. The van der Waals surface area contributed by atoms with Crippen LogP contribution in [0.4, 0.5) is 0 Å². The molecule has 0 fully saturated rings. The molecule has 588 valence electrons. The number of rotatable bonds is 51. The molecule has 2 aromatic rings. The standard InChI is InChI=1S/C66H98N14O25S/c1-6-33(4)53(79-60(98)43(26-35-15-17-37(83)18-16-35)76-65(103)54(34(5)82)80-61(99)45(28-51(91)92)74-55(93)38(68)29-81)64(102)77-46(31-106-30-36-12-8-7-9-13-36)62(100)71-41(21-24-49(87)88)58(96)78-52(32(2)3)63(101)72-40(20-23-48(85)86)57(95)75-44(27-50(89)90)59(97)70-39(19-22-47(69)84)56(94)73-42(66(104)105)14-10-11-25-67/h7-9,12-13,15-18,32-34,38-46,52-54,81-83H,6,10-11,14,19-31,67-68H2,1-5H3,(H2,69,84)(H,70,97)(H,71,100)(H,72,101)(H,73,94)(H,74,93)(H,75,95)(H,76,103)(H,77,102)(H,78,96)(H,79,98)(H,80,99)(H,85,86)(H,87,88)(H,89,90)(H,91,92)(H,104,105)/t33-,34+,38-,39-,40-,41-,42-,43-,44-,45-,46-,52-,53-,54-/m0/s1. The van der Waals surface area contributed by atoms with Gasteiger partial charge in [-0.2, -0.15) is 11.8 Å². The van der Waals surface area contributed by atoms with Crippen LogP contribution in [0.2, 0.25) is 0 Å². The molecular weight excluding hydrogens is 1420 g/mol. The number of aliphatic hydroxyl groups excluding tert-OH is 2. The van der Waals surface area contributed by atoms with Gasteiger partial charge in [-0.25, -0.2) is 4.79 Å². The summed E-state index contributed by atoms with van der Waals surface area (Å²) in [5, 5.41) is 104. The van der Waals surface area contributed by atoms with Crippen LogP contribution >= 0.6 is 11.8 Å². The van der Waals surface area contributed by atoms with Gasteiger partial charge in [0, 0.05) is 37.2 Å². The molecule has 0 aliphatic carbocycles. The van der Waals surface area contributed by atoms with E-state index in [-0.39, 0.29) is 48.6 Å². The molecule has 39 nitrogen and oxygen atoms in total. The first-order chi connectivity index (χ1) is 49.8. The lowest BCUT2D eigenvalue weighted by Crippen LogP contribution is -2.63. The van der Waals surface area contributed by atoms with Gasteiger partial charge < -0.3 is 117 Å². The van der Waals surface area contributed by atoms with Crippen LogP contribution in [0.25, 0.3) is 0 Å². The van der Waals surface area contributed by atoms with Gasteiger partial charge in [-0.05, 0) is 87.1 Å². The Bertz CT molecular complexity index is 3370. The van der Waals surface area contributed by atoms with Crippen LogP contribution < -0.4 is 75.7 Å². The highest BCUT2D eigenvalue weighted by Crippen LogP contribution is 2.18. The van der Waals surface area contributed by atoms with E-state index >= 15 is 0 Å². The van der Waals surface area contributed by atoms with Crippen LogP contribution in [0.1, 0.15) is 123 Å². The molecule has 0 aromatic heterocycles. The number of carbonyl (C=O) groups excluding carboxylic acids is 12. The molecule has 2 aromatic carbocycles. The van der Waals surface area contributed by atoms with Crippen molar-refractivity contribution in [2.75, 3.05) is 18.9 Å². The van der Waals surface area contributed by atoms with E-state index in [2.05, 4.69) is 53.2 Å². The summed E-state index contributed by atoms with van der Waals surface area (Å²) in [5.74, 6) is -24.2. The number of nitrogens with two attached hydrogens (primary N) is 3. The van der Waals surface area contributed by atoms with Crippen molar-refractivity contribution < 1.29 is 122 Å². The van der Waals surface area contributed by atoms with Gasteiger partial charge in [0.1, 0.15) is 78.3 Å². The van der Waals surface area contributed by atoms with Gasteiger partial charge in [-0.3, -0.25) is 76.7 Å². The number of carboxylic acids is 5. The summed E-state index contributed by atoms with van der Waals surface area (Å²) >= 11 is 1.10. The number of amides is 12. The van der Waals surface area contributed by atoms with E-state index in [1.54, 1.807) is 37.3 Å². The van der Waals surface area contributed by atoms with Crippen molar-refractivity contribution in [3.8, 4) is 5.75 Å². The first kappa shape index (κ1) is 91.5. The average molecular weight is 1520 g/mol. The molecule has 0 saturated carbocycles. The zero-order chi connectivity index (χ0) is 80.1. The van der Waals surface area contributed by atoms with E-state index in [9.17, 15) is 122 Å². The lowest BCUT2D eigenvalue weighted by molar-refractivity contribution is -0.143. The second-order valence-corrected chi connectivity index (χ2v) is 26.2. The molecule has 0 saturated heterocycles. The molecule has 106 heavy (non-hydrogen) atoms. The summed E-state index contributed by atoms with van der Waals surface area (Å²) in [7, 11) is 0. The number of aromatic hydroxyl groups is 1. The number of phenols is 1. The largest absolute Gasteiger partial charge is 0.508 e. The van der Waals surface area contributed by atoms with E-state index in [4.69, 9.17) is 17.2 Å². The Morgan fingerprint density at radius 2 is 0.849 bits per heavy atom. The van der Waals surface area contributed by atoms with E-state index in [0.29, 0.717) is 6.42 Å². The van der Waals surface area contributed by atoms with Crippen LogP contribution in [0, 0.1) is 11.8 Å². The van der Waals surface area contributed by atoms with Crippen molar-refractivity contribution in [1.82, 2.24) is 58.5 Å². The predicted octanol–water partition coefficient (Wildman–Crippen LogP) is -5.24. The third-order valence-electron chi connectivity index (χ3n) is 16.1. The number of aliphatic hydroxyl groups is 2. The Morgan fingerprint density at radius 1 is 0.443 bits per heavy atom. The molecule has 0 aliphatic heterocycles. The molecule has 40 heteroatoms. The van der Waals surface area contributed by atoms with Crippen LogP contribution in [0.5, 0.6) is 5.75 Å². The third kappa shape index (κ3) is 33.9. The fraction of sp³-hybridized carbons (Fsp3) is 0.561. The predicted molar refractivity (Wildman–Crippen MR) is 374 cm³/mol. The average Bonchev–Trinajstić information content (AvgIpc) is 0.851. The summed E-state index contributed by atoms with van der Waals surface area (Å²) in [6, 6.07) is -7.53. The van der Waals surface area contributed by atoms with Gasteiger partial charge in [0.2, 0.25) is 70.9 Å². The smallest absolute Gasteiger partial charge is 0.326 e. The van der Waals surface area contributed by atoms with Crippen molar-refractivity contribution in [2.24, 2.45) is 29.0 Å². The molecule has 2 rings (SSSR count). The zero-order valence-electron chi connectivity index (χ0n) is 59.0. The number of hydrogen-bond acceptors (Lipinski definition) is 23. The van der Waals surface area contributed by atoms with Gasteiger partial charge >= 0.3 is 29.8 Å². The highest BCUT2D eigenvalue weighted by molar-refractivity contribution is 7.98. The van der Waals surface area contributed by atoms with Gasteiger partial charge in [-0.1, -0.05) is 76.6 Å². The zero-order valence-corrected chi connectivity index (χ0v) is 59.9. The van der Waals surface area contributed by atoms with Crippen molar-refractivity contribution in [2.45, 2.75) is 202 Å². The van der Waals surface area contributed by atoms with E-state index in [1.807, 2.05) is 5.32 Å². The Labute approximate surface area is 612 Å². The monoisotopic (exact) mass is 1520 g/mol. The summed E-state index contributed by atoms with van der Waals surface area (Å²) < 4.78 is 0. The van der Waals surface area contributed by atoms with Crippen molar-refractivity contribution in [3.05, 3.63) is 65.7 Å². The molecule has 0 spiro atoms. The number of benzene rings is 2. The summed E-state index contributed by atoms with van der Waals surface area (Å²) in [6.45, 7) is 6.28. The normalized spacial score (nSPS) is 15.0. The maximum absolute atomic E-state index is 14.8. The van der Waals surface area contributed by atoms with Crippen molar-refractivity contribution >= 4 is 112 Å². The SMILES string of the molecule is CC[C@H](C)[C@H](NC(=O)[C@H](Cc1ccc(O)cc1)NC(=O)[C@@H](NC(=O)[C@H](CC(=O)O)NC(=O)[C@@H](N)CO)[C@@H](C)O)C(=O)N[C@@H](CSCc1ccccc1)C(=O)N[C@@H](CCC(=O)O)C(=O)N[C@H](C(=O)N[C@@H](CCC(=O)O)C(=O)N[C@@H](CC(=O)O)C(=O)N[C@@H](CCC(N)=O)C(=O)N[C@@H](CCCCN)C(=O)O)C(C)C. The first-order valence-electron chi connectivity index (χ1n) is 33.7. The molecule has 0 radical (unpaired) electrons. The van der Waals surface area contributed by atoms with Crippen LogP contribution in [-0.4, -0.2) is 239 Å². The molecule has 0 bridgehead atoms. The quantitative estimate of drug-likeness (QED) is 0.0275. The summed E-state index contributed by atoms with van der Waals surface area (Å²) in [6.07, 6.45) is -8.10. The van der Waals surface area contributed by atoms with Crippen LogP contribution in [0.15, 0.2) is 54.6 Å². The summed E-state index contributed by atoms with van der Waals surface area (Å²) in [4.78, 5) is 226. The fourth-order valence-corrected chi connectivity index (χ4v) is 10.9. The lowest BCUT2D eigenvalue weighted by atomic mass is 9.96. The fourth-order valence-electron chi connectivity index (χ4n) is 9.91. The highest BCUT2D eigenvalue weighted by Gasteiger charge is 2.40. The summed E-state index contributed by atoms with van der Waals surface area (Å²) in [5.41, 5.74) is 17.3. The Balaban J connectivity index is 2.64. The lowest BCUT2D eigenvalue weighted by Gasteiger charge is -2.30. The molecule has 0 unspecified atom stereocenters. The minimum atomic E-state index is -2.13. The van der Waals surface area contributed by atoms with E-state index in [1.165, 1.54) is 45.0 Å². The van der Waals surface area contributed by atoms with Crippen molar-refractivity contribution in [1.29, 1.82) is 0 Å². The maximum atomic E-state index is 14.8. The van der Waals surface area contributed by atoms with Gasteiger partial charge in [0.15, 0.2) is 0 Å². The molecule has 25 N–H and O–H groups in total. The second kappa shape index (κ2) is 47.0. The Morgan fingerprint density at radius 3 is 1.32 bits per heavy atom. The second-order valence-electron chi connectivity index (χ2n) is 25.2. The van der Waals surface area contributed by atoms with Gasteiger partial charge in [-0.15, -0.1) is 0 Å². The number of nitrogens with one attached hydrogen (secondary N) is 11. The number of aliphatic carboxylic acids is 5.